The number of thiophene rings is 1. The van der Waals surface area contributed by atoms with Gasteiger partial charge in [-0.3, -0.25) is 9.69 Å². The van der Waals surface area contributed by atoms with Gasteiger partial charge < -0.3 is 9.47 Å². The third kappa shape index (κ3) is 4.27. The van der Waals surface area contributed by atoms with Crippen LogP contribution in [0, 0.1) is 0 Å². The minimum absolute atomic E-state index is 0.0522. The first-order valence-corrected chi connectivity index (χ1v) is 10.9. The topological polar surface area (TPSA) is 51.1 Å². The molecule has 1 aromatic heterocycles. The highest BCUT2D eigenvalue weighted by Gasteiger charge is 2.30. The first-order chi connectivity index (χ1) is 14.6. The van der Waals surface area contributed by atoms with E-state index >= 15 is 0 Å². The maximum absolute atomic E-state index is 12.7. The van der Waals surface area contributed by atoms with Crippen LogP contribution < -0.4 is 9.47 Å². The molecule has 0 N–H and O–H groups in total. The van der Waals surface area contributed by atoms with Crippen LogP contribution in [0.1, 0.15) is 4.88 Å². The number of methoxy groups -OCH3 is 2. The zero-order valence-corrected chi connectivity index (χ0v) is 18.4. The van der Waals surface area contributed by atoms with Gasteiger partial charge in [0.15, 0.2) is 5.17 Å². The Balaban J connectivity index is 1.56. The molecular formula is C23H20N2O3S2. The summed E-state index contributed by atoms with van der Waals surface area (Å²) in [5.41, 5.74) is 1.86. The van der Waals surface area contributed by atoms with Crippen molar-refractivity contribution in [2.45, 2.75) is 0 Å². The van der Waals surface area contributed by atoms with Gasteiger partial charge in [0.05, 0.1) is 24.8 Å². The summed E-state index contributed by atoms with van der Waals surface area (Å²) in [4.78, 5) is 21.7. The Labute approximate surface area is 183 Å². The number of benzene rings is 2. The lowest BCUT2D eigenvalue weighted by atomic mass is 10.2. The van der Waals surface area contributed by atoms with Crippen molar-refractivity contribution in [3.05, 3.63) is 70.4 Å². The molecule has 4 rings (SSSR count). The van der Waals surface area contributed by atoms with Crippen molar-refractivity contribution in [1.29, 1.82) is 0 Å². The number of likely N-dealkylation sites (N-methyl/N-ethyl adjacent to an activating group) is 1. The van der Waals surface area contributed by atoms with E-state index < -0.39 is 0 Å². The van der Waals surface area contributed by atoms with Gasteiger partial charge in [-0.1, -0.05) is 12.1 Å². The summed E-state index contributed by atoms with van der Waals surface area (Å²) in [6, 6.07) is 19.5. The standard InChI is InChI=1S/C23H20N2O3S2/c1-25-22(26)21(30-23(25)24-16-7-9-17(27-2)10-8-16)14-19-11-12-20(29-19)15-5-4-6-18(13-15)28-3/h4-14H,1-3H3/b21-14-,24-23?. The molecule has 2 heterocycles. The maximum Gasteiger partial charge on any atom is 0.266 e. The number of nitrogens with zero attached hydrogens (tertiary/aromatic N) is 2. The van der Waals surface area contributed by atoms with E-state index in [0.717, 1.165) is 32.5 Å². The molecule has 1 aliphatic rings. The second kappa shape index (κ2) is 8.77. The van der Waals surface area contributed by atoms with E-state index in [9.17, 15) is 4.79 Å². The van der Waals surface area contributed by atoms with Crippen LogP contribution >= 0.6 is 23.1 Å². The van der Waals surface area contributed by atoms with E-state index in [1.54, 1.807) is 37.5 Å². The van der Waals surface area contributed by atoms with E-state index in [1.165, 1.54) is 11.8 Å². The van der Waals surface area contributed by atoms with Gasteiger partial charge in [0.25, 0.3) is 5.91 Å². The summed E-state index contributed by atoms with van der Waals surface area (Å²) in [7, 11) is 5.03. The van der Waals surface area contributed by atoms with Crippen LogP contribution in [0.5, 0.6) is 11.5 Å². The van der Waals surface area contributed by atoms with Crippen molar-refractivity contribution < 1.29 is 14.3 Å². The number of aliphatic imine (C=N–C) groups is 1. The summed E-state index contributed by atoms with van der Waals surface area (Å²) >= 11 is 3.02. The molecule has 7 heteroatoms. The molecule has 152 valence electrons. The lowest BCUT2D eigenvalue weighted by Gasteiger charge is -2.07. The minimum Gasteiger partial charge on any atom is -0.497 e. The molecule has 0 spiro atoms. The molecule has 0 saturated carbocycles. The van der Waals surface area contributed by atoms with Gasteiger partial charge in [0, 0.05) is 16.8 Å². The average Bonchev–Trinajstić information content (AvgIpc) is 3.35. The van der Waals surface area contributed by atoms with Gasteiger partial charge in [-0.05, 0) is 71.9 Å². The van der Waals surface area contributed by atoms with Gasteiger partial charge >= 0.3 is 0 Å². The monoisotopic (exact) mass is 436 g/mol. The molecule has 1 saturated heterocycles. The number of ether oxygens (including phenoxy) is 2. The Morgan fingerprint density at radius 3 is 2.47 bits per heavy atom. The molecule has 3 aromatic rings. The highest BCUT2D eigenvalue weighted by molar-refractivity contribution is 8.18. The summed E-state index contributed by atoms with van der Waals surface area (Å²) in [5, 5.41) is 0.654. The maximum atomic E-state index is 12.7. The van der Waals surface area contributed by atoms with Crippen molar-refractivity contribution >= 4 is 45.9 Å². The van der Waals surface area contributed by atoms with Crippen LogP contribution in [0.25, 0.3) is 16.5 Å². The van der Waals surface area contributed by atoms with Gasteiger partial charge in [0.2, 0.25) is 0 Å². The van der Waals surface area contributed by atoms with E-state index in [2.05, 4.69) is 11.1 Å². The molecule has 0 radical (unpaired) electrons. The molecule has 1 amide bonds. The first-order valence-electron chi connectivity index (χ1n) is 9.22. The zero-order valence-electron chi connectivity index (χ0n) is 16.8. The predicted octanol–water partition coefficient (Wildman–Crippen LogP) is 5.67. The molecule has 5 nitrogen and oxygen atoms in total. The third-order valence-corrected chi connectivity index (χ3v) is 6.70. The molecule has 0 atom stereocenters. The van der Waals surface area contributed by atoms with E-state index in [4.69, 9.17) is 9.47 Å². The number of rotatable bonds is 5. The molecule has 0 unspecified atom stereocenters. The van der Waals surface area contributed by atoms with Gasteiger partial charge in [-0.25, -0.2) is 4.99 Å². The number of thioether (sulfide) groups is 1. The molecule has 0 aliphatic carbocycles. The third-order valence-electron chi connectivity index (χ3n) is 4.56. The van der Waals surface area contributed by atoms with Crippen LogP contribution in [0.3, 0.4) is 0 Å². The number of carbonyl (C=O) groups excluding carboxylic acids is 1. The number of hydrogen-bond acceptors (Lipinski definition) is 6. The average molecular weight is 437 g/mol. The molecule has 0 bridgehead atoms. The molecule has 1 fully saturated rings. The fourth-order valence-corrected chi connectivity index (χ4v) is 4.91. The number of hydrogen-bond donors (Lipinski definition) is 0. The Morgan fingerprint density at radius 1 is 0.967 bits per heavy atom. The van der Waals surface area contributed by atoms with Crippen molar-refractivity contribution in [3.63, 3.8) is 0 Å². The summed E-state index contributed by atoms with van der Waals surface area (Å²) in [6.07, 6.45) is 1.92. The zero-order chi connectivity index (χ0) is 21.1. The van der Waals surface area contributed by atoms with Crippen molar-refractivity contribution in [2.75, 3.05) is 21.3 Å². The molecule has 1 aliphatic heterocycles. The van der Waals surface area contributed by atoms with Gasteiger partial charge in [-0.2, -0.15) is 0 Å². The van der Waals surface area contributed by atoms with Gasteiger partial charge in [-0.15, -0.1) is 11.3 Å². The number of amidine groups is 1. The quantitative estimate of drug-likeness (QED) is 0.484. The lowest BCUT2D eigenvalue weighted by Crippen LogP contribution is -2.23. The van der Waals surface area contributed by atoms with Crippen molar-refractivity contribution in [3.8, 4) is 21.9 Å². The number of amides is 1. The second-order valence-electron chi connectivity index (χ2n) is 6.50. The summed E-state index contributed by atoms with van der Waals surface area (Å²) < 4.78 is 10.5. The fraction of sp³-hybridized carbons (Fsp3) is 0.130. The highest BCUT2D eigenvalue weighted by Crippen LogP contribution is 2.36. The molecular weight excluding hydrogens is 416 g/mol. The number of carbonyl (C=O) groups is 1. The highest BCUT2D eigenvalue weighted by atomic mass is 32.2. The van der Waals surface area contributed by atoms with E-state index in [0.29, 0.717) is 10.1 Å². The normalized spacial score (nSPS) is 16.5. The Morgan fingerprint density at radius 2 is 1.73 bits per heavy atom. The summed E-state index contributed by atoms with van der Waals surface area (Å²) in [6.45, 7) is 0. The smallest absolute Gasteiger partial charge is 0.266 e. The largest absolute Gasteiger partial charge is 0.497 e. The minimum atomic E-state index is -0.0522. The lowest BCUT2D eigenvalue weighted by molar-refractivity contribution is -0.121. The SMILES string of the molecule is COc1ccc(N=C2S/C(=C\c3ccc(-c4cccc(OC)c4)s3)C(=O)N2C)cc1. The van der Waals surface area contributed by atoms with Crippen LogP contribution in [0.15, 0.2) is 70.6 Å². The van der Waals surface area contributed by atoms with Crippen LogP contribution in [-0.2, 0) is 4.79 Å². The fourth-order valence-electron chi connectivity index (χ4n) is 2.91. The van der Waals surface area contributed by atoms with Crippen LogP contribution in [0.4, 0.5) is 5.69 Å². The first kappa shape index (κ1) is 20.3. The second-order valence-corrected chi connectivity index (χ2v) is 8.63. The summed E-state index contributed by atoms with van der Waals surface area (Å²) in [5.74, 6) is 1.54. The Bertz CT molecular complexity index is 1130. The predicted molar refractivity (Wildman–Crippen MR) is 125 cm³/mol. The Kier molecular flexibility index (Phi) is 5.92. The van der Waals surface area contributed by atoms with Crippen molar-refractivity contribution in [2.24, 2.45) is 4.99 Å². The Hall–Kier alpha value is -3.03. The molecule has 30 heavy (non-hydrogen) atoms. The van der Waals surface area contributed by atoms with Crippen LogP contribution in [-0.4, -0.2) is 37.2 Å². The van der Waals surface area contributed by atoms with E-state index in [-0.39, 0.29) is 5.91 Å². The molecule has 2 aromatic carbocycles. The van der Waals surface area contributed by atoms with Crippen LogP contribution in [0.2, 0.25) is 0 Å². The van der Waals surface area contributed by atoms with Crippen molar-refractivity contribution in [1.82, 2.24) is 4.90 Å². The van der Waals surface area contributed by atoms with Gasteiger partial charge in [0.1, 0.15) is 11.5 Å². The van der Waals surface area contributed by atoms with E-state index in [1.807, 2.05) is 60.7 Å².